The van der Waals surface area contributed by atoms with Gasteiger partial charge in [-0.15, -0.1) is 0 Å². The van der Waals surface area contributed by atoms with Gasteiger partial charge in [0.25, 0.3) is 0 Å². The van der Waals surface area contributed by atoms with Crippen LogP contribution in [0.4, 0.5) is 0 Å². The van der Waals surface area contributed by atoms with Gasteiger partial charge in [-0.1, -0.05) is 241 Å². The Morgan fingerprint density at radius 2 is 0.594 bits per heavy atom. The summed E-state index contributed by atoms with van der Waals surface area (Å²) in [7, 11) is 0. The Morgan fingerprint density at radius 1 is 0.304 bits per heavy atom. The number of esters is 3. The van der Waals surface area contributed by atoms with Crippen LogP contribution in [0.2, 0.25) is 0 Å². The van der Waals surface area contributed by atoms with Crippen molar-refractivity contribution in [3.8, 4) is 0 Å². The van der Waals surface area contributed by atoms with Gasteiger partial charge in [0.1, 0.15) is 13.2 Å². The molecule has 0 bridgehead atoms. The highest BCUT2D eigenvalue weighted by atomic mass is 16.6. The lowest BCUT2D eigenvalue weighted by Gasteiger charge is -2.18. The Morgan fingerprint density at radius 3 is 0.957 bits per heavy atom. The van der Waals surface area contributed by atoms with E-state index in [0.29, 0.717) is 19.3 Å². The quantitative estimate of drug-likeness (QED) is 0.0262. The summed E-state index contributed by atoms with van der Waals surface area (Å²) in [6.07, 6.45) is 74.5. The van der Waals surface area contributed by atoms with Gasteiger partial charge in [0.2, 0.25) is 0 Å². The molecule has 0 aromatic rings. The van der Waals surface area contributed by atoms with Crippen LogP contribution < -0.4 is 0 Å². The second-order valence-corrected chi connectivity index (χ2v) is 19.2. The highest BCUT2D eigenvalue weighted by molar-refractivity contribution is 5.71. The van der Waals surface area contributed by atoms with Crippen LogP contribution >= 0.6 is 0 Å². The van der Waals surface area contributed by atoms with Gasteiger partial charge in [-0.3, -0.25) is 14.4 Å². The van der Waals surface area contributed by atoms with Crippen molar-refractivity contribution in [1.29, 1.82) is 0 Å². The fraction of sp³-hybridized carbons (Fsp3) is 0.730. The zero-order chi connectivity index (χ0) is 50.0. The van der Waals surface area contributed by atoms with Crippen LogP contribution in [0.25, 0.3) is 0 Å². The number of allylic oxidation sites excluding steroid dienone is 14. The van der Waals surface area contributed by atoms with E-state index in [0.717, 1.165) is 122 Å². The Labute approximate surface area is 426 Å². The number of ether oxygens (including phenoxy) is 3. The normalized spacial score (nSPS) is 12.7. The SMILES string of the molecule is CC/C=C\C/C=C\C/C=C\C/C=C\CCCCCCCCCCCCCCCCC(=O)OCC(COC(=O)CCCCCCC/C=C\CCC)OC(=O)CCCCCCC/C=C\C/C=C\CCCC. The first-order valence-electron chi connectivity index (χ1n) is 29.1. The molecule has 396 valence electrons. The highest BCUT2D eigenvalue weighted by Crippen LogP contribution is 2.16. The first-order chi connectivity index (χ1) is 34.0. The standard InChI is InChI=1S/C63H108O6/c1-4-7-10-13-16-19-22-24-26-27-28-29-30-31-32-33-34-35-36-37-38-40-41-44-47-50-53-56-62(65)68-59-60(58-67-61(64)55-52-49-46-43-21-18-15-12-9-6-3)69-63(66)57-54-51-48-45-42-39-25-23-20-17-14-11-8-5-2/h7,10,12,14-17,19,23-26,28-29,60H,4-6,8-9,11,13,18,20-22,27,30-59H2,1-3H3/b10-7-,15-12-,17-14-,19-16-,25-23-,26-24-,29-28-. The zero-order valence-corrected chi connectivity index (χ0v) is 45.3. The Hall–Kier alpha value is -3.41. The van der Waals surface area contributed by atoms with Gasteiger partial charge in [-0.25, -0.2) is 0 Å². The van der Waals surface area contributed by atoms with Crippen LogP contribution in [0.3, 0.4) is 0 Å². The van der Waals surface area contributed by atoms with E-state index < -0.39 is 6.10 Å². The van der Waals surface area contributed by atoms with Gasteiger partial charge in [-0.2, -0.15) is 0 Å². The van der Waals surface area contributed by atoms with Gasteiger partial charge in [0, 0.05) is 19.3 Å². The number of unbranched alkanes of at least 4 members (excludes halogenated alkanes) is 27. The summed E-state index contributed by atoms with van der Waals surface area (Å²) in [5.74, 6) is -0.905. The predicted molar refractivity (Wildman–Crippen MR) is 297 cm³/mol. The van der Waals surface area contributed by atoms with Gasteiger partial charge in [-0.05, 0) is 103 Å². The molecule has 0 fully saturated rings. The summed E-state index contributed by atoms with van der Waals surface area (Å²) in [5, 5.41) is 0. The molecule has 0 rings (SSSR count). The zero-order valence-electron chi connectivity index (χ0n) is 45.3. The predicted octanol–water partition coefficient (Wildman–Crippen LogP) is 19.5. The van der Waals surface area contributed by atoms with E-state index in [1.807, 2.05) is 0 Å². The number of carbonyl (C=O) groups is 3. The Bertz CT molecular complexity index is 1330. The molecule has 6 nitrogen and oxygen atoms in total. The maximum Gasteiger partial charge on any atom is 0.306 e. The molecule has 0 spiro atoms. The fourth-order valence-corrected chi connectivity index (χ4v) is 7.98. The van der Waals surface area contributed by atoms with Crippen LogP contribution in [-0.2, 0) is 28.6 Å². The minimum absolute atomic E-state index is 0.0840. The number of carbonyl (C=O) groups excluding carboxylic acids is 3. The Balaban J connectivity index is 4.20. The van der Waals surface area contributed by atoms with Crippen molar-refractivity contribution in [2.75, 3.05) is 13.2 Å². The lowest BCUT2D eigenvalue weighted by atomic mass is 10.0. The van der Waals surface area contributed by atoms with E-state index in [1.165, 1.54) is 116 Å². The lowest BCUT2D eigenvalue weighted by Crippen LogP contribution is -2.30. The number of hydrogen-bond donors (Lipinski definition) is 0. The average Bonchev–Trinajstić information content (AvgIpc) is 3.35. The van der Waals surface area contributed by atoms with E-state index in [2.05, 4.69) is 106 Å². The summed E-state index contributed by atoms with van der Waals surface area (Å²) in [5.41, 5.74) is 0. The van der Waals surface area contributed by atoms with Gasteiger partial charge in [0.05, 0.1) is 0 Å². The van der Waals surface area contributed by atoms with Crippen molar-refractivity contribution in [2.24, 2.45) is 0 Å². The molecule has 0 aromatic heterocycles. The van der Waals surface area contributed by atoms with Crippen molar-refractivity contribution >= 4 is 17.9 Å². The molecule has 0 aliphatic rings. The summed E-state index contributed by atoms with van der Waals surface area (Å²) in [4.78, 5) is 38.0. The van der Waals surface area contributed by atoms with Gasteiger partial charge in [0.15, 0.2) is 6.10 Å². The molecule has 0 aliphatic heterocycles. The third kappa shape index (κ3) is 55.4. The molecule has 0 saturated heterocycles. The summed E-state index contributed by atoms with van der Waals surface area (Å²) >= 11 is 0. The summed E-state index contributed by atoms with van der Waals surface area (Å²) in [6.45, 7) is 6.42. The molecule has 1 unspecified atom stereocenters. The van der Waals surface area contributed by atoms with E-state index >= 15 is 0 Å². The van der Waals surface area contributed by atoms with Crippen LogP contribution in [-0.4, -0.2) is 37.2 Å². The molecule has 0 saturated carbocycles. The first kappa shape index (κ1) is 65.6. The second-order valence-electron chi connectivity index (χ2n) is 19.2. The fourth-order valence-electron chi connectivity index (χ4n) is 7.98. The van der Waals surface area contributed by atoms with Crippen molar-refractivity contribution < 1.29 is 28.6 Å². The molecule has 0 heterocycles. The maximum absolute atomic E-state index is 12.8. The van der Waals surface area contributed by atoms with Crippen molar-refractivity contribution in [1.82, 2.24) is 0 Å². The van der Waals surface area contributed by atoms with Gasteiger partial charge < -0.3 is 14.2 Å². The average molecular weight is 962 g/mol. The van der Waals surface area contributed by atoms with Crippen LogP contribution in [0, 0.1) is 0 Å². The van der Waals surface area contributed by atoms with Crippen LogP contribution in [0.15, 0.2) is 85.1 Å². The lowest BCUT2D eigenvalue weighted by molar-refractivity contribution is -0.167. The van der Waals surface area contributed by atoms with Crippen molar-refractivity contribution in [3.05, 3.63) is 85.1 Å². The van der Waals surface area contributed by atoms with E-state index in [-0.39, 0.29) is 31.1 Å². The molecule has 0 N–H and O–H groups in total. The van der Waals surface area contributed by atoms with Gasteiger partial charge >= 0.3 is 17.9 Å². The van der Waals surface area contributed by atoms with Crippen LogP contribution in [0.5, 0.6) is 0 Å². The number of rotatable bonds is 52. The first-order valence-corrected chi connectivity index (χ1v) is 29.1. The van der Waals surface area contributed by atoms with E-state index in [9.17, 15) is 14.4 Å². The largest absolute Gasteiger partial charge is 0.462 e. The maximum atomic E-state index is 12.8. The number of hydrogen-bond acceptors (Lipinski definition) is 6. The smallest absolute Gasteiger partial charge is 0.306 e. The molecule has 6 heteroatoms. The van der Waals surface area contributed by atoms with E-state index in [1.54, 1.807) is 0 Å². The Kier molecular flexibility index (Phi) is 54.3. The summed E-state index contributed by atoms with van der Waals surface area (Å²) < 4.78 is 16.8. The van der Waals surface area contributed by atoms with Crippen molar-refractivity contribution in [3.63, 3.8) is 0 Å². The highest BCUT2D eigenvalue weighted by Gasteiger charge is 2.19. The third-order valence-electron chi connectivity index (χ3n) is 12.3. The third-order valence-corrected chi connectivity index (χ3v) is 12.3. The molecule has 0 radical (unpaired) electrons. The molecular formula is C63H108O6. The second kappa shape index (κ2) is 57.2. The topological polar surface area (TPSA) is 78.9 Å². The summed E-state index contributed by atoms with van der Waals surface area (Å²) in [6, 6.07) is 0. The monoisotopic (exact) mass is 961 g/mol. The minimum Gasteiger partial charge on any atom is -0.462 e. The molecule has 0 aromatic carbocycles. The van der Waals surface area contributed by atoms with Crippen LogP contribution in [0.1, 0.15) is 278 Å². The minimum atomic E-state index is -0.786. The van der Waals surface area contributed by atoms with E-state index in [4.69, 9.17) is 14.2 Å². The molecule has 69 heavy (non-hydrogen) atoms. The molecule has 0 aliphatic carbocycles. The molecule has 1 atom stereocenters. The molecular weight excluding hydrogens is 853 g/mol. The molecule has 0 amide bonds. The van der Waals surface area contributed by atoms with Crippen molar-refractivity contribution in [2.45, 2.75) is 284 Å².